The Morgan fingerprint density at radius 2 is 1.74 bits per heavy atom. The molecule has 0 bridgehead atoms. The predicted molar refractivity (Wildman–Crippen MR) is 161 cm³/mol. The lowest BCUT2D eigenvalue weighted by atomic mass is 10.1. The number of thiazole rings is 1. The second-order valence-electron chi connectivity index (χ2n) is 9.10. The number of carbonyl (C=O) groups is 1. The highest BCUT2D eigenvalue weighted by Crippen LogP contribution is 2.35. The van der Waals surface area contributed by atoms with Crippen molar-refractivity contribution in [3.05, 3.63) is 117 Å². The van der Waals surface area contributed by atoms with Gasteiger partial charge in [-0.25, -0.2) is 10.4 Å². The number of benzene rings is 4. The van der Waals surface area contributed by atoms with Crippen LogP contribution in [0, 0.1) is 0 Å². The molecule has 12 heteroatoms. The molecule has 5 rings (SSSR count). The van der Waals surface area contributed by atoms with E-state index in [2.05, 4.69) is 20.8 Å². The van der Waals surface area contributed by atoms with Crippen LogP contribution in [0.5, 0.6) is 5.75 Å². The van der Waals surface area contributed by atoms with Crippen molar-refractivity contribution in [3.8, 4) is 5.75 Å². The number of ether oxygens (including phenoxy) is 1. The molecule has 0 radical (unpaired) electrons. The Morgan fingerprint density at radius 1 is 0.976 bits per heavy atom. The van der Waals surface area contributed by atoms with E-state index in [0.717, 1.165) is 39.8 Å². The van der Waals surface area contributed by atoms with Crippen LogP contribution in [0.15, 0.2) is 89.3 Å². The monoisotopic (exact) mass is 628 g/mol. The number of hydrogen-bond acceptors (Lipinski definition) is 6. The minimum Gasteiger partial charge on any atom is -0.486 e. The highest BCUT2D eigenvalue weighted by molar-refractivity contribution is 7.13. The zero-order valence-corrected chi connectivity index (χ0v) is 23.9. The van der Waals surface area contributed by atoms with E-state index in [1.54, 1.807) is 17.5 Å². The average Bonchev–Trinajstić information content (AvgIpc) is 3.38. The summed E-state index contributed by atoms with van der Waals surface area (Å²) in [7, 11) is 0. The molecule has 0 unspecified atom stereocenters. The third kappa shape index (κ3) is 7.58. The molecular weight excluding hydrogens is 608 g/mol. The number of alkyl halides is 3. The Balaban J connectivity index is 1.14. The van der Waals surface area contributed by atoms with Crippen LogP contribution in [0.25, 0.3) is 10.8 Å². The molecule has 6 nitrogen and oxygen atoms in total. The quantitative estimate of drug-likeness (QED) is 0.126. The lowest BCUT2D eigenvalue weighted by molar-refractivity contribution is -0.137. The molecule has 0 saturated carbocycles. The molecule has 0 aliphatic heterocycles. The molecule has 0 aliphatic rings. The van der Waals surface area contributed by atoms with E-state index >= 15 is 0 Å². The number of halogens is 5. The second-order valence-corrected chi connectivity index (χ2v) is 10.8. The second kappa shape index (κ2) is 12.8. The van der Waals surface area contributed by atoms with Crippen molar-refractivity contribution in [1.29, 1.82) is 0 Å². The summed E-state index contributed by atoms with van der Waals surface area (Å²) in [6.45, 7) is 0.279. The topological polar surface area (TPSA) is 75.6 Å². The maximum Gasteiger partial charge on any atom is 0.416 e. The normalized spacial score (nSPS) is 11.6. The molecule has 1 heterocycles. The molecule has 0 aliphatic carbocycles. The largest absolute Gasteiger partial charge is 0.486 e. The summed E-state index contributed by atoms with van der Waals surface area (Å²) < 4.78 is 44.7. The first kappa shape index (κ1) is 29.4. The third-order valence-electron chi connectivity index (χ3n) is 5.96. The molecule has 0 atom stereocenters. The van der Waals surface area contributed by atoms with Crippen molar-refractivity contribution >= 4 is 68.3 Å². The summed E-state index contributed by atoms with van der Waals surface area (Å²) in [6, 6.07) is 22.1. The van der Waals surface area contributed by atoms with Gasteiger partial charge in [-0.05, 0) is 58.3 Å². The first-order valence-electron chi connectivity index (χ1n) is 12.4. The van der Waals surface area contributed by atoms with Gasteiger partial charge in [0, 0.05) is 11.1 Å². The number of fused-ring (bicyclic) bond motifs is 1. The highest BCUT2D eigenvalue weighted by atomic mass is 35.5. The third-order valence-corrected chi connectivity index (χ3v) is 7.32. The van der Waals surface area contributed by atoms with Crippen LogP contribution < -0.4 is 15.5 Å². The number of rotatable bonds is 9. The summed E-state index contributed by atoms with van der Waals surface area (Å²) in [5.74, 6) is -0.0968. The summed E-state index contributed by atoms with van der Waals surface area (Å²) in [4.78, 5) is 16.6. The maximum absolute atomic E-state index is 12.9. The molecule has 4 aromatic carbocycles. The Bertz CT molecular complexity index is 1750. The smallest absolute Gasteiger partial charge is 0.416 e. The number of nitrogens with zero attached hydrogens (tertiary/aromatic N) is 2. The van der Waals surface area contributed by atoms with Crippen molar-refractivity contribution in [2.45, 2.75) is 19.2 Å². The van der Waals surface area contributed by atoms with Gasteiger partial charge in [0.2, 0.25) is 5.91 Å². The number of nitrogens with one attached hydrogen (secondary N) is 2. The molecule has 1 aromatic heterocycles. The Kier molecular flexibility index (Phi) is 8.96. The van der Waals surface area contributed by atoms with Crippen LogP contribution in [0.1, 0.15) is 22.4 Å². The van der Waals surface area contributed by atoms with Crippen LogP contribution in [-0.4, -0.2) is 17.1 Å². The van der Waals surface area contributed by atoms with Crippen molar-refractivity contribution < 1.29 is 22.7 Å². The van der Waals surface area contributed by atoms with E-state index in [9.17, 15) is 18.0 Å². The number of hydrazone groups is 1. The van der Waals surface area contributed by atoms with Gasteiger partial charge in [0.1, 0.15) is 6.61 Å². The van der Waals surface area contributed by atoms with Gasteiger partial charge in [-0.15, -0.1) is 11.3 Å². The van der Waals surface area contributed by atoms with Crippen LogP contribution in [0.4, 0.5) is 24.0 Å². The molecular formula is C30H21Cl2F3N4O2S. The molecule has 1 amide bonds. The Hall–Kier alpha value is -4.12. The number of anilines is 2. The van der Waals surface area contributed by atoms with Crippen LogP contribution in [0.2, 0.25) is 10.0 Å². The fourth-order valence-corrected chi connectivity index (χ4v) is 5.34. The summed E-state index contributed by atoms with van der Waals surface area (Å²) in [5, 5.41) is 11.6. The SMILES string of the molecule is O=C(Cc1csc(Nc2cccc(C(F)(F)F)c2)n1)N/N=C\c1cc(Cl)c(OCc2ccc3ccccc3c2)c(Cl)c1. The van der Waals surface area contributed by atoms with E-state index in [1.165, 1.54) is 18.3 Å². The lowest BCUT2D eigenvalue weighted by Crippen LogP contribution is -2.19. The van der Waals surface area contributed by atoms with E-state index in [-0.39, 0.29) is 18.7 Å². The number of amides is 1. The van der Waals surface area contributed by atoms with Gasteiger partial charge in [-0.3, -0.25) is 4.79 Å². The maximum atomic E-state index is 12.9. The molecule has 5 aromatic rings. The summed E-state index contributed by atoms with van der Waals surface area (Å²) in [6.07, 6.45) is -3.14. The van der Waals surface area contributed by atoms with E-state index in [4.69, 9.17) is 27.9 Å². The van der Waals surface area contributed by atoms with Crippen molar-refractivity contribution in [2.75, 3.05) is 5.32 Å². The minimum atomic E-state index is -4.45. The predicted octanol–water partition coefficient (Wildman–Crippen LogP) is 8.64. The zero-order chi connectivity index (χ0) is 29.7. The van der Waals surface area contributed by atoms with Gasteiger partial charge in [0.15, 0.2) is 10.9 Å². The molecule has 42 heavy (non-hydrogen) atoms. The van der Waals surface area contributed by atoms with Crippen LogP contribution in [-0.2, 0) is 24.0 Å². The first-order valence-corrected chi connectivity index (χ1v) is 14.1. The average molecular weight is 629 g/mol. The van der Waals surface area contributed by atoms with Gasteiger partial charge in [-0.1, -0.05) is 65.7 Å². The summed E-state index contributed by atoms with van der Waals surface area (Å²) >= 11 is 14.0. The fraction of sp³-hybridized carbons (Fsp3) is 0.100. The standard InChI is InChI=1S/C30H21Cl2F3N4O2S/c31-25-11-19(12-26(32)28(25)41-16-18-8-9-20-4-1-2-5-21(20)10-18)15-36-39-27(40)14-24-17-42-29(38-24)37-23-7-3-6-22(13-23)30(33,34)35/h1-13,15,17H,14,16H2,(H,37,38)(H,39,40)/b36-15-. The van der Waals surface area contributed by atoms with E-state index in [0.29, 0.717) is 32.2 Å². The molecule has 0 fully saturated rings. The highest BCUT2D eigenvalue weighted by Gasteiger charge is 2.30. The van der Waals surface area contributed by atoms with Crippen molar-refractivity contribution in [2.24, 2.45) is 5.10 Å². The van der Waals surface area contributed by atoms with Crippen molar-refractivity contribution in [3.63, 3.8) is 0 Å². The molecule has 2 N–H and O–H groups in total. The zero-order valence-electron chi connectivity index (χ0n) is 21.6. The van der Waals surface area contributed by atoms with Gasteiger partial charge in [0.25, 0.3) is 0 Å². The molecule has 0 saturated heterocycles. The van der Waals surface area contributed by atoms with Crippen molar-refractivity contribution in [1.82, 2.24) is 10.4 Å². The van der Waals surface area contributed by atoms with Gasteiger partial charge < -0.3 is 10.1 Å². The van der Waals surface area contributed by atoms with Crippen LogP contribution in [0.3, 0.4) is 0 Å². The Morgan fingerprint density at radius 3 is 2.50 bits per heavy atom. The number of aromatic nitrogens is 1. The number of hydrogen-bond donors (Lipinski definition) is 2. The molecule has 214 valence electrons. The van der Waals surface area contributed by atoms with Gasteiger partial charge >= 0.3 is 6.18 Å². The Labute approximate surface area is 252 Å². The van der Waals surface area contributed by atoms with Gasteiger partial charge in [0.05, 0.1) is 33.9 Å². The fourth-order valence-electron chi connectivity index (χ4n) is 4.00. The van der Waals surface area contributed by atoms with E-state index < -0.39 is 17.6 Å². The minimum absolute atomic E-state index is 0.0822. The molecule has 0 spiro atoms. The number of carbonyl (C=O) groups excluding carboxylic acids is 1. The lowest BCUT2D eigenvalue weighted by Gasteiger charge is -2.11. The summed E-state index contributed by atoms with van der Waals surface area (Å²) in [5.41, 5.74) is 3.82. The first-order chi connectivity index (χ1) is 20.1. The van der Waals surface area contributed by atoms with E-state index in [1.807, 2.05) is 42.5 Å². The van der Waals surface area contributed by atoms with Gasteiger partial charge in [-0.2, -0.15) is 18.3 Å². The van der Waals surface area contributed by atoms with Crippen LogP contribution >= 0.6 is 34.5 Å².